The van der Waals surface area contributed by atoms with Gasteiger partial charge in [-0.1, -0.05) is 6.07 Å². The number of anilines is 2. The monoisotopic (exact) mass is 352 g/mol. The third kappa shape index (κ3) is 3.56. The number of fused-ring (bicyclic) bond motifs is 1. The van der Waals surface area contributed by atoms with E-state index in [1.54, 1.807) is 18.5 Å². The Balaban J connectivity index is 1.30. The average Bonchev–Trinajstić information content (AvgIpc) is 3.08. The molecule has 4 heterocycles. The highest BCUT2D eigenvalue weighted by Crippen LogP contribution is 2.19. The maximum atomic E-state index is 12.1. The smallest absolute Gasteiger partial charge is 0.320 e. The quantitative estimate of drug-likeness (QED) is 0.663. The summed E-state index contributed by atoms with van der Waals surface area (Å²) in [6.45, 7) is 3.57. The van der Waals surface area contributed by atoms with Crippen LogP contribution in [0, 0.1) is 6.92 Å². The molecule has 0 aromatic carbocycles. The Morgan fingerprint density at radius 1 is 1.23 bits per heavy atom. The molecule has 1 aliphatic heterocycles. The minimum Gasteiger partial charge on any atom is -0.342 e. The van der Waals surface area contributed by atoms with Crippen LogP contribution in [-0.2, 0) is 0 Å². The molecule has 0 saturated carbocycles. The molecule has 0 unspecified atom stereocenters. The van der Waals surface area contributed by atoms with Gasteiger partial charge in [-0.15, -0.1) is 0 Å². The maximum absolute atomic E-state index is 12.1. The van der Waals surface area contributed by atoms with Crippen LogP contribution < -0.4 is 15.5 Å². The molecule has 134 valence electrons. The lowest BCUT2D eigenvalue weighted by Crippen LogP contribution is -2.46. The molecule has 0 aliphatic carbocycles. The largest absolute Gasteiger partial charge is 0.342 e. The number of carbonyl (C=O) groups is 1. The normalized spacial score (nSPS) is 15.2. The fourth-order valence-electron chi connectivity index (χ4n) is 3.01. The van der Waals surface area contributed by atoms with E-state index in [1.807, 2.05) is 13.0 Å². The highest BCUT2D eigenvalue weighted by molar-refractivity contribution is 5.88. The molecule has 3 N–H and O–H groups in total. The molecule has 0 bridgehead atoms. The predicted molar refractivity (Wildman–Crippen MR) is 98.0 cm³/mol. The Labute approximate surface area is 150 Å². The third-order valence-corrected chi connectivity index (χ3v) is 4.43. The molecule has 1 fully saturated rings. The van der Waals surface area contributed by atoms with Crippen LogP contribution in [0.5, 0.6) is 0 Å². The topological polar surface area (TPSA) is 112 Å². The summed E-state index contributed by atoms with van der Waals surface area (Å²) in [5.74, 6) is 1.35. The van der Waals surface area contributed by atoms with E-state index < -0.39 is 0 Å². The van der Waals surface area contributed by atoms with Crippen molar-refractivity contribution in [3.05, 3.63) is 36.4 Å². The molecule has 1 saturated heterocycles. The number of carbonyl (C=O) groups excluding carboxylic acids is 1. The number of rotatable bonds is 3. The number of H-pyrrole nitrogens is 1. The predicted octanol–water partition coefficient (Wildman–Crippen LogP) is 1.85. The van der Waals surface area contributed by atoms with Gasteiger partial charge >= 0.3 is 6.03 Å². The first-order valence-electron chi connectivity index (χ1n) is 8.58. The molecule has 26 heavy (non-hydrogen) atoms. The lowest BCUT2D eigenvalue weighted by Gasteiger charge is -2.32. The summed E-state index contributed by atoms with van der Waals surface area (Å²) >= 11 is 0. The van der Waals surface area contributed by atoms with E-state index in [-0.39, 0.29) is 12.1 Å². The Morgan fingerprint density at radius 2 is 2.08 bits per heavy atom. The van der Waals surface area contributed by atoms with Gasteiger partial charge in [0.05, 0.1) is 6.20 Å². The van der Waals surface area contributed by atoms with E-state index in [9.17, 15) is 4.79 Å². The second-order valence-corrected chi connectivity index (χ2v) is 6.40. The lowest BCUT2D eigenvalue weighted by molar-refractivity contribution is 0.246. The Bertz CT molecular complexity index is 866. The first-order chi connectivity index (χ1) is 12.7. The fraction of sp³-hybridized carbons (Fsp3) is 0.353. The molecule has 2 amide bonds. The van der Waals surface area contributed by atoms with E-state index in [4.69, 9.17) is 0 Å². The summed E-state index contributed by atoms with van der Waals surface area (Å²) in [6.07, 6.45) is 6.63. The van der Waals surface area contributed by atoms with Crippen LogP contribution in [-0.4, -0.2) is 50.1 Å². The Morgan fingerprint density at radius 3 is 2.81 bits per heavy atom. The molecular formula is C17H20N8O. The minimum atomic E-state index is -0.223. The highest BCUT2D eigenvalue weighted by atomic mass is 16.2. The van der Waals surface area contributed by atoms with Gasteiger partial charge in [0.25, 0.3) is 0 Å². The van der Waals surface area contributed by atoms with Crippen LogP contribution in [0.1, 0.15) is 18.4 Å². The number of hydrogen-bond donors (Lipinski definition) is 3. The summed E-state index contributed by atoms with van der Waals surface area (Å²) < 4.78 is 0. The van der Waals surface area contributed by atoms with Crippen molar-refractivity contribution in [1.82, 2.24) is 30.2 Å². The number of nitrogens with one attached hydrogen (secondary N) is 3. The first kappa shape index (κ1) is 16.2. The molecular weight excluding hydrogens is 332 g/mol. The maximum Gasteiger partial charge on any atom is 0.320 e. The molecule has 4 rings (SSSR count). The molecule has 0 atom stereocenters. The molecule has 3 aromatic heterocycles. The van der Waals surface area contributed by atoms with E-state index in [0.717, 1.165) is 43.0 Å². The zero-order chi connectivity index (χ0) is 17.9. The second kappa shape index (κ2) is 6.95. The van der Waals surface area contributed by atoms with Crippen molar-refractivity contribution in [3.8, 4) is 0 Å². The SMILES string of the molecule is Cc1ccc(NC(=O)NC2CCN(c3nc4ncncc4[nH]3)CC2)nc1. The fourth-order valence-corrected chi connectivity index (χ4v) is 3.01. The van der Waals surface area contributed by atoms with Crippen LogP contribution in [0.2, 0.25) is 0 Å². The minimum absolute atomic E-state index is 0.126. The van der Waals surface area contributed by atoms with Gasteiger partial charge in [-0.25, -0.2) is 19.7 Å². The van der Waals surface area contributed by atoms with Crippen LogP contribution in [0.15, 0.2) is 30.9 Å². The van der Waals surface area contributed by atoms with Gasteiger partial charge < -0.3 is 15.2 Å². The zero-order valence-electron chi connectivity index (χ0n) is 14.4. The third-order valence-electron chi connectivity index (χ3n) is 4.43. The highest BCUT2D eigenvalue weighted by Gasteiger charge is 2.23. The van der Waals surface area contributed by atoms with Crippen molar-refractivity contribution in [2.45, 2.75) is 25.8 Å². The van der Waals surface area contributed by atoms with Gasteiger partial charge in [0, 0.05) is 25.3 Å². The number of piperidine rings is 1. The van der Waals surface area contributed by atoms with Crippen molar-refractivity contribution < 1.29 is 4.79 Å². The van der Waals surface area contributed by atoms with E-state index in [2.05, 4.69) is 40.5 Å². The molecule has 1 aliphatic rings. The Hall–Kier alpha value is -3.23. The number of aromatic amines is 1. The van der Waals surface area contributed by atoms with Gasteiger partial charge in [0.2, 0.25) is 5.95 Å². The van der Waals surface area contributed by atoms with Crippen molar-refractivity contribution in [1.29, 1.82) is 0 Å². The molecule has 0 spiro atoms. The van der Waals surface area contributed by atoms with Gasteiger partial charge in [-0.05, 0) is 31.4 Å². The summed E-state index contributed by atoms with van der Waals surface area (Å²) in [4.78, 5) is 34.3. The van der Waals surface area contributed by atoms with Gasteiger partial charge in [-0.3, -0.25) is 5.32 Å². The molecule has 9 heteroatoms. The lowest BCUT2D eigenvalue weighted by atomic mass is 10.1. The standard InChI is InChI=1S/C17H20N8O/c1-11-2-3-14(19-8-11)23-17(26)21-12-4-6-25(7-5-12)16-22-13-9-18-10-20-15(13)24-16/h2-3,8-10,12H,4-7H2,1H3,(H,18,20,22,24)(H2,19,21,23,26). The van der Waals surface area contributed by atoms with E-state index >= 15 is 0 Å². The number of aryl methyl sites for hydroxylation is 1. The first-order valence-corrected chi connectivity index (χ1v) is 8.58. The summed E-state index contributed by atoms with van der Waals surface area (Å²) in [5, 5.41) is 5.78. The van der Waals surface area contributed by atoms with E-state index in [0.29, 0.717) is 11.5 Å². The molecule has 9 nitrogen and oxygen atoms in total. The zero-order valence-corrected chi connectivity index (χ0v) is 14.4. The number of urea groups is 1. The summed E-state index contributed by atoms with van der Waals surface area (Å²) in [6, 6.07) is 3.61. The molecule has 3 aromatic rings. The van der Waals surface area contributed by atoms with E-state index in [1.165, 1.54) is 6.33 Å². The van der Waals surface area contributed by atoms with Crippen molar-refractivity contribution >= 4 is 29.0 Å². The summed E-state index contributed by atoms with van der Waals surface area (Å²) in [5.41, 5.74) is 2.55. The van der Waals surface area contributed by atoms with Crippen LogP contribution in [0.4, 0.5) is 16.6 Å². The average molecular weight is 352 g/mol. The number of nitrogens with zero attached hydrogens (tertiary/aromatic N) is 5. The second-order valence-electron chi connectivity index (χ2n) is 6.40. The van der Waals surface area contributed by atoms with Gasteiger partial charge in [-0.2, -0.15) is 4.98 Å². The number of imidazole rings is 1. The summed E-state index contributed by atoms with van der Waals surface area (Å²) in [7, 11) is 0. The number of amides is 2. The van der Waals surface area contributed by atoms with Gasteiger partial charge in [0.15, 0.2) is 5.65 Å². The van der Waals surface area contributed by atoms with Crippen LogP contribution in [0.25, 0.3) is 11.2 Å². The van der Waals surface area contributed by atoms with Gasteiger partial charge in [0.1, 0.15) is 17.7 Å². The van der Waals surface area contributed by atoms with Crippen LogP contribution >= 0.6 is 0 Å². The number of hydrogen-bond acceptors (Lipinski definition) is 6. The Kier molecular flexibility index (Phi) is 4.34. The van der Waals surface area contributed by atoms with Crippen molar-refractivity contribution in [2.75, 3.05) is 23.3 Å². The van der Waals surface area contributed by atoms with Crippen LogP contribution in [0.3, 0.4) is 0 Å². The number of aromatic nitrogens is 5. The van der Waals surface area contributed by atoms with Crippen molar-refractivity contribution in [3.63, 3.8) is 0 Å². The van der Waals surface area contributed by atoms with Crippen molar-refractivity contribution in [2.24, 2.45) is 0 Å². The number of pyridine rings is 1. The molecule has 0 radical (unpaired) electrons.